The molecule has 3 nitrogen and oxygen atoms in total. The Hall–Kier alpha value is -3.80. The summed E-state index contributed by atoms with van der Waals surface area (Å²) in [6.07, 6.45) is 3.85. The summed E-state index contributed by atoms with van der Waals surface area (Å²) in [5.41, 5.74) is 9.39. The van der Waals surface area contributed by atoms with E-state index in [2.05, 4.69) is 102 Å². The zero-order chi connectivity index (χ0) is 33.3. The van der Waals surface area contributed by atoms with Crippen LogP contribution >= 0.6 is 11.3 Å². The Kier molecular flexibility index (Phi) is 10.2. The number of aromatic nitrogens is 3. The van der Waals surface area contributed by atoms with E-state index in [-0.39, 0.29) is 20.1 Å². The molecule has 0 aliphatic heterocycles. The Morgan fingerprint density at radius 2 is 1.62 bits per heavy atom. The first kappa shape index (κ1) is 33.1. The molecule has 0 fully saturated rings. The first-order chi connectivity index (χ1) is 22.4. The van der Waals surface area contributed by atoms with Crippen molar-refractivity contribution in [1.29, 1.82) is 0 Å². The van der Waals surface area contributed by atoms with Crippen molar-refractivity contribution in [2.24, 2.45) is 0 Å². The smallest absolute Gasteiger partial charge is 0.0798 e. The first-order valence-electron chi connectivity index (χ1n) is 16.1. The van der Waals surface area contributed by atoms with Crippen LogP contribution in [0.3, 0.4) is 0 Å². The molecule has 4 aromatic heterocycles. The third kappa shape index (κ3) is 7.68. The van der Waals surface area contributed by atoms with Crippen molar-refractivity contribution in [3.8, 4) is 33.8 Å². The number of hydrogen-bond acceptors (Lipinski definition) is 4. The van der Waals surface area contributed by atoms with Gasteiger partial charge in [-0.2, -0.15) is 11.3 Å². The summed E-state index contributed by atoms with van der Waals surface area (Å²) in [7, 11) is -1.27. The van der Waals surface area contributed by atoms with Crippen molar-refractivity contribution < 1.29 is 21.5 Å². The Balaban J connectivity index is 0.000000214. The van der Waals surface area contributed by atoms with Crippen LogP contribution in [-0.4, -0.2) is 23.0 Å². The maximum absolute atomic E-state index is 8.36. The van der Waals surface area contributed by atoms with Gasteiger partial charge in [-0.25, -0.2) is 0 Å². The van der Waals surface area contributed by atoms with E-state index in [0.29, 0.717) is 0 Å². The van der Waals surface area contributed by atoms with Crippen molar-refractivity contribution >= 4 is 44.8 Å². The number of aryl methyl sites for hydroxylation is 2. The van der Waals surface area contributed by atoms with Crippen molar-refractivity contribution in [2.75, 3.05) is 0 Å². The van der Waals surface area contributed by atoms with Crippen molar-refractivity contribution in [2.45, 2.75) is 53.2 Å². The second-order valence-electron chi connectivity index (χ2n) is 12.9. The Labute approximate surface area is 299 Å². The fraction of sp³-hybridized carbons (Fsp3) is 0.195. The van der Waals surface area contributed by atoms with Gasteiger partial charge < -0.3 is 9.97 Å². The summed E-state index contributed by atoms with van der Waals surface area (Å²) >= 11 is 1.76. The summed E-state index contributed by atoms with van der Waals surface area (Å²) in [6, 6.07) is 37.5. The number of thiophene rings is 1. The van der Waals surface area contributed by atoms with E-state index in [1.54, 1.807) is 17.5 Å². The predicted octanol–water partition coefficient (Wildman–Crippen LogP) is 10.8. The van der Waals surface area contributed by atoms with E-state index in [1.165, 1.54) is 30.9 Å². The van der Waals surface area contributed by atoms with Crippen molar-refractivity contribution in [3.05, 3.63) is 132 Å². The van der Waals surface area contributed by atoms with E-state index < -0.39 is 14.0 Å². The third-order valence-corrected chi connectivity index (χ3v) is 11.4. The van der Waals surface area contributed by atoms with E-state index in [9.17, 15) is 0 Å². The summed E-state index contributed by atoms with van der Waals surface area (Å²) in [6.45, 7) is 15.1. The van der Waals surface area contributed by atoms with Crippen LogP contribution in [0.5, 0.6) is 0 Å². The van der Waals surface area contributed by atoms with Crippen LogP contribution < -0.4 is 5.19 Å². The summed E-state index contributed by atoms with van der Waals surface area (Å²) in [5.74, 6) is -0.665. The zero-order valence-corrected chi connectivity index (χ0v) is 32.1. The molecule has 0 bridgehead atoms. The average Bonchev–Trinajstić information content (AvgIpc) is 3.43. The molecule has 7 aromatic rings. The van der Waals surface area contributed by atoms with Crippen LogP contribution in [0.1, 0.15) is 37.9 Å². The molecule has 239 valence electrons. The number of fused-ring (bicyclic) bond motifs is 3. The van der Waals surface area contributed by atoms with Gasteiger partial charge in [0.05, 0.1) is 13.8 Å². The molecule has 7 rings (SSSR count). The molecule has 3 aromatic carbocycles. The van der Waals surface area contributed by atoms with Gasteiger partial charge in [-0.3, -0.25) is 4.98 Å². The Morgan fingerprint density at radius 3 is 2.32 bits per heavy atom. The number of rotatable bonds is 5. The van der Waals surface area contributed by atoms with Crippen LogP contribution in [0.25, 0.3) is 53.9 Å². The van der Waals surface area contributed by atoms with E-state index >= 15 is 0 Å². The molecule has 6 heteroatoms. The fourth-order valence-corrected chi connectivity index (χ4v) is 8.67. The van der Waals surface area contributed by atoms with E-state index in [4.69, 9.17) is 1.37 Å². The van der Waals surface area contributed by atoms with Crippen molar-refractivity contribution in [3.63, 3.8) is 0 Å². The fourth-order valence-electron chi connectivity index (χ4n) is 5.71. The second-order valence-corrected chi connectivity index (χ2v) is 19.0. The van der Waals surface area contributed by atoms with Gasteiger partial charge in [-0.05, 0) is 70.7 Å². The molecular formula is C41H39IrN3SSi-2. The molecule has 0 aliphatic carbocycles. The number of hydrogen-bond donors (Lipinski definition) is 0. The van der Waals surface area contributed by atoms with Gasteiger partial charge in [0, 0.05) is 49.8 Å². The molecular weight excluding hydrogens is 787 g/mol. The number of benzene rings is 3. The zero-order valence-electron chi connectivity index (χ0n) is 28.9. The summed E-state index contributed by atoms with van der Waals surface area (Å²) in [4.78, 5) is 13.9. The summed E-state index contributed by atoms with van der Waals surface area (Å²) in [5, 5.41) is 3.89. The molecule has 0 aliphatic rings. The monoisotopic (exact) mass is 827 g/mol. The minimum atomic E-state index is -1.27. The third-order valence-electron chi connectivity index (χ3n) is 8.11. The van der Waals surface area contributed by atoms with Crippen molar-refractivity contribution in [1.82, 2.24) is 15.0 Å². The molecule has 0 amide bonds. The SMILES string of the molecule is Cc1cc(-c2[c-]cccc2)ncc1[Si](C)(C)C.[2H]C(C)(C)c1ccnc(-c2[c-]ccc3c2sc2cc(-c4cccc(C)n4)ccc23)c1.[Ir]. The van der Waals surface area contributed by atoms with E-state index in [0.717, 1.165) is 45.0 Å². The molecule has 0 spiro atoms. The largest absolute Gasteiger partial charge is 0.305 e. The number of nitrogens with zero attached hydrogens (tertiary/aromatic N) is 3. The average molecular weight is 827 g/mol. The number of pyridine rings is 3. The van der Waals surface area contributed by atoms with Crippen LogP contribution in [0, 0.1) is 26.0 Å². The maximum atomic E-state index is 8.36. The topological polar surface area (TPSA) is 38.7 Å². The Morgan fingerprint density at radius 1 is 0.787 bits per heavy atom. The van der Waals surface area contributed by atoms with E-state index in [1.807, 2.05) is 69.3 Å². The quantitative estimate of drug-likeness (QED) is 0.128. The van der Waals surface area contributed by atoms with Crippen LogP contribution in [-0.2, 0) is 20.1 Å². The normalized spacial score (nSPS) is 11.9. The van der Waals surface area contributed by atoms with Crippen LogP contribution in [0.2, 0.25) is 19.6 Å². The van der Waals surface area contributed by atoms with Gasteiger partial charge in [0.15, 0.2) is 0 Å². The van der Waals surface area contributed by atoms with Gasteiger partial charge in [0.1, 0.15) is 0 Å². The molecule has 0 N–H and O–H groups in total. The Bertz CT molecular complexity index is 2200. The van der Waals surface area contributed by atoms with Gasteiger partial charge in [-0.1, -0.05) is 80.3 Å². The molecule has 0 unspecified atom stereocenters. The maximum Gasteiger partial charge on any atom is 0.0798 e. The molecule has 4 heterocycles. The standard InChI is InChI=1S/C26H21N2S.C15H18NSi.Ir/c1-16(2)18-12-13-27-24(14-18)22-8-5-7-21-20-11-10-19(15-25(20)29-26(21)22)23-9-4-6-17(3)28-23;1-12-10-14(13-8-6-5-7-9-13)16-11-15(12)17(2,3)4;/h4-7,9-16H,1-3H3;5-8,10-11H,1-4H3;/q2*-1;/i16D;;. The van der Waals surface area contributed by atoms with Gasteiger partial charge >= 0.3 is 0 Å². The molecule has 0 atom stereocenters. The molecule has 0 saturated heterocycles. The molecule has 0 saturated carbocycles. The van der Waals surface area contributed by atoms with Gasteiger partial charge in [0.25, 0.3) is 0 Å². The molecule has 47 heavy (non-hydrogen) atoms. The predicted molar refractivity (Wildman–Crippen MR) is 200 cm³/mol. The summed E-state index contributed by atoms with van der Waals surface area (Å²) < 4.78 is 10.8. The molecule has 1 radical (unpaired) electrons. The first-order valence-corrected chi connectivity index (χ1v) is 19.9. The minimum Gasteiger partial charge on any atom is -0.305 e. The van der Waals surface area contributed by atoms with Crippen LogP contribution in [0.15, 0.2) is 103 Å². The van der Waals surface area contributed by atoms with Gasteiger partial charge in [0.2, 0.25) is 0 Å². The van der Waals surface area contributed by atoms with Gasteiger partial charge in [-0.15, -0.1) is 59.7 Å². The van der Waals surface area contributed by atoms with Crippen LogP contribution in [0.4, 0.5) is 0 Å². The minimum absolute atomic E-state index is 0. The second kappa shape index (κ2) is 14.5.